The van der Waals surface area contributed by atoms with Crippen LogP contribution in [0.2, 0.25) is 0 Å². The normalized spacial score (nSPS) is 12.2. The van der Waals surface area contributed by atoms with Crippen LogP contribution in [-0.2, 0) is 4.79 Å². The highest BCUT2D eigenvalue weighted by molar-refractivity contribution is 5.69. The molecule has 0 spiro atoms. The molecule has 0 saturated heterocycles. The van der Waals surface area contributed by atoms with Gasteiger partial charge in [-0.2, -0.15) is 0 Å². The van der Waals surface area contributed by atoms with Crippen LogP contribution in [-0.4, -0.2) is 20.2 Å². The molecule has 0 heterocycles. The van der Waals surface area contributed by atoms with Crippen molar-refractivity contribution in [3.05, 3.63) is 53.6 Å². The van der Waals surface area contributed by atoms with E-state index in [-0.39, 0.29) is 5.97 Å². The maximum atomic E-state index is 10.7. The number of rotatable bonds is 7. The largest absolute Gasteiger partial charge is 0.497 e. The van der Waals surface area contributed by atoms with Gasteiger partial charge in [-0.25, -0.2) is 0 Å². The van der Waals surface area contributed by atoms with E-state index in [1.165, 1.54) is 18.1 Å². The topological polar surface area (TPSA) is 44.8 Å². The fourth-order valence-corrected chi connectivity index (χ4v) is 2.64. The average molecular weight is 387 g/mol. The number of hydrogen-bond acceptors (Lipinski definition) is 4. The van der Waals surface area contributed by atoms with Crippen molar-refractivity contribution in [2.75, 3.05) is 14.2 Å². The number of benzene rings is 2. The van der Waals surface area contributed by atoms with Crippen LogP contribution in [0.1, 0.15) is 70.4 Å². The first kappa shape index (κ1) is 23.5. The third kappa shape index (κ3) is 7.63. The van der Waals surface area contributed by atoms with E-state index in [0.29, 0.717) is 17.6 Å². The van der Waals surface area contributed by atoms with Gasteiger partial charge in [0.25, 0.3) is 0 Å². The van der Waals surface area contributed by atoms with Gasteiger partial charge < -0.3 is 14.2 Å². The Hall–Kier alpha value is -2.49. The van der Waals surface area contributed by atoms with Crippen LogP contribution in [0, 0.1) is 0 Å². The van der Waals surface area contributed by atoms with Gasteiger partial charge in [0.05, 0.1) is 14.2 Å². The van der Waals surface area contributed by atoms with E-state index < -0.39 is 0 Å². The molecule has 2 rings (SSSR count). The number of esters is 1. The molecular weight excluding hydrogens is 352 g/mol. The molecular formula is C24H34O4. The molecule has 2 atom stereocenters. The van der Waals surface area contributed by atoms with Gasteiger partial charge in [-0.3, -0.25) is 4.79 Å². The summed E-state index contributed by atoms with van der Waals surface area (Å²) >= 11 is 0. The van der Waals surface area contributed by atoms with E-state index in [1.54, 1.807) is 20.3 Å². The highest BCUT2D eigenvalue weighted by Crippen LogP contribution is 2.28. The van der Waals surface area contributed by atoms with Gasteiger partial charge >= 0.3 is 5.97 Å². The zero-order valence-electron chi connectivity index (χ0n) is 18.2. The number of carbonyl (C=O) groups excluding carboxylic acids is 1. The second-order valence-electron chi connectivity index (χ2n) is 6.93. The van der Waals surface area contributed by atoms with Crippen molar-refractivity contribution in [3.8, 4) is 17.2 Å². The molecule has 2 aromatic carbocycles. The van der Waals surface area contributed by atoms with Crippen LogP contribution in [0.3, 0.4) is 0 Å². The summed E-state index contributed by atoms with van der Waals surface area (Å²) in [6.45, 7) is 10.1. The average Bonchev–Trinajstić information content (AvgIpc) is 2.72. The van der Waals surface area contributed by atoms with E-state index in [9.17, 15) is 4.79 Å². The van der Waals surface area contributed by atoms with Gasteiger partial charge in [0.2, 0.25) is 0 Å². The van der Waals surface area contributed by atoms with E-state index in [1.807, 2.05) is 18.2 Å². The third-order valence-electron chi connectivity index (χ3n) is 4.86. The van der Waals surface area contributed by atoms with Gasteiger partial charge in [0.15, 0.2) is 0 Å². The van der Waals surface area contributed by atoms with Crippen LogP contribution in [0.25, 0.3) is 0 Å². The minimum absolute atomic E-state index is 0.272. The zero-order chi connectivity index (χ0) is 21.1. The SMILES string of the molecule is CCC(C)c1cc(OC)cc(OC)c1.CCC(C)c1cccc(OC(C)=O)c1. The summed E-state index contributed by atoms with van der Waals surface area (Å²) in [6.07, 6.45) is 2.21. The van der Waals surface area contributed by atoms with Gasteiger partial charge in [-0.1, -0.05) is 39.8 Å². The molecule has 0 radical (unpaired) electrons. The standard InChI is InChI=1S/C12H18O2.C12H16O2/c1-5-9(2)10-6-11(13-3)8-12(7-10)14-4;1-4-9(2)11-6-5-7-12(8-11)14-10(3)13/h6-9H,5H2,1-4H3;5-9H,4H2,1-3H3. The lowest BCUT2D eigenvalue weighted by Gasteiger charge is -2.12. The van der Waals surface area contributed by atoms with Crippen molar-refractivity contribution in [2.24, 2.45) is 0 Å². The Morgan fingerprint density at radius 1 is 0.821 bits per heavy atom. The molecule has 4 nitrogen and oxygen atoms in total. The fraction of sp³-hybridized carbons (Fsp3) is 0.458. The van der Waals surface area contributed by atoms with Gasteiger partial charge in [0.1, 0.15) is 17.2 Å². The minimum atomic E-state index is -0.272. The highest BCUT2D eigenvalue weighted by Gasteiger charge is 2.07. The van der Waals surface area contributed by atoms with Crippen molar-refractivity contribution in [2.45, 2.75) is 59.3 Å². The Morgan fingerprint density at radius 2 is 1.32 bits per heavy atom. The molecule has 154 valence electrons. The van der Waals surface area contributed by atoms with Crippen molar-refractivity contribution < 1.29 is 19.0 Å². The Labute approximate surface area is 169 Å². The smallest absolute Gasteiger partial charge is 0.308 e. The monoisotopic (exact) mass is 386 g/mol. The Bertz CT molecular complexity index is 717. The number of carbonyl (C=O) groups is 1. The molecule has 0 amide bonds. The van der Waals surface area contributed by atoms with Crippen LogP contribution < -0.4 is 14.2 Å². The van der Waals surface area contributed by atoms with Crippen LogP contribution in [0.15, 0.2) is 42.5 Å². The fourth-order valence-electron chi connectivity index (χ4n) is 2.64. The van der Waals surface area contributed by atoms with Crippen LogP contribution in [0.5, 0.6) is 17.2 Å². The first-order valence-corrected chi connectivity index (χ1v) is 9.85. The van der Waals surface area contributed by atoms with Crippen LogP contribution in [0.4, 0.5) is 0 Å². The minimum Gasteiger partial charge on any atom is -0.497 e. The third-order valence-corrected chi connectivity index (χ3v) is 4.86. The molecule has 0 aromatic heterocycles. The lowest BCUT2D eigenvalue weighted by atomic mass is 9.98. The number of hydrogen-bond donors (Lipinski definition) is 0. The van der Waals surface area contributed by atoms with E-state index in [4.69, 9.17) is 14.2 Å². The molecule has 28 heavy (non-hydrogen) atoms. The molecule has 0 fully saturated rings. The quantitative estimate of drug-likeness (QED) is 0.411. The van der Waals surface area contributed by atoms with E-state index in [2.05, 4.69) is 45.9 Å². The van der Waals surface area contributed by atoms with Crippen molar-refractivity contribution in [1.29, 1.82) is 0 Å². The second kappa shape index (κ2) is 12.1. The first-order chi connectivity index (χ1) is 13.3. The first-order valence-electron chi connectivity index (χ1n) is 9.85. The van der Waals surface area contributed by atoms with Gasteiger partial charge in [-0.15, -0.1) is 0 Å². The lowest BCUT2D eigenvalue weighted by molar-refractivity contribution is -0.131. The number of methoxy groups -OCH3 is 2. The predicted molar refractivity (Wildman–Crippen MR) is 115 cm³/mol. The molecule has 2 aromatic rings. The summed E-state index contributed by atoms with van der Waals surface area (Å²) in [5.41, 5.74) is 2.48. The molecule has 0 bridgehead atoms. The molecule has 4 heteroatoms. The van der Waals surface area contributed by atoms with Crippen molar-refractivity contribution >= 4 is 5.97 Å². The second-order valence-corrected chi connectivity index (χ2v) is 6.93. The summed E-state index contributed by atoms with van der Waals surface area (Å²) in [7, 11) is 3.35. The van der Waals surface area contributed by atoms with Crippen LogP contribution >= 0.6 is 0 Å². The summed E-state index contributed by atoms with van der Waals surface area (Å²) in [6, 6.07) is 13.7. The lowest BCUT2D eigenvalue weighted by Crippen LogP contribution is -2.02. The maximum Gasteiger partial charge on any atom is 0.308 e. The Kier molecular flexibility index (Phi) is 10.1. The number of ether oxygens (including phenoxy) is 3. The molecule has 0 aliphatic carbocycles. The van der Waals surface area contributed by atoms with E-state index >= 15 is 0 Å². The summed E-state index contributed by atoms with van der Waals surface area (Å²) in [4.78, 5) is 10.7. The summed E-state index contributed by atoms with van der Waals surface area (Å²) in [5, 5.41) is 0. The molecule has 0 aliphatic rings. The molecule has 0 N–H and O–H groups in total. The van der Waals surface area contributed by atoms with Gasteiger partial charge in [0, 0.05) is 13.0 Å². The zero-order valence-corrected chi connectivity index (χ0v) is 18.2. The molecule has 0 aliphatic heterocycles. The van der Waals surface area contributed by atoms with Crippen molar-refractivity contribution in [1.82, 2.24) is 0 Å². The summed E-state index contributed by atoms with van der Waals surface area (Å²) < 4.78 is 15.4. The predicted octanol–water partition coefficient (Wildman–Crippen LogP) is 6.34. The molecule has 2 unspecified atom stereocenters. The molecule has 0 saturated carbocycles. The Balaban J connectivity index is 0.000000280. The van der Waals surface area contributed by atoms with E-state index in [0.717, 1.165) is 24.3 Å². The maximum absolute atomic E-state index is 10.7. The van der Waals surface area contributed by atoms with Crippen molar-refractivity contribution in [3.63, 3.8) is 0 Å². The Morgan fingerprint density at radius 3 is 1.79 bits per heavy atom. The summed E-state index contributed by atoms with van der Waals surface area (Å²) in [5.74, 6) is 3.13. The highest BCUT2D eigenvalue weighted by atomic mass is 16.5. The van der Waals surface area contributed by atoms with Gasteiger partial charge in [-0.05, 0) is 60.1 Å².